The van der Waals surface area contributed by atoms with E-state index < -0.39 is 5.40 Å². The van der Waals surface area contributed by atoms with Gasteiger partial charge < -0.3 is 4.74 Å². The van der Waals surface area contributed by atoms with E-state index in [0.717, 1.165) is 77.5 Å². The lowest BCUT2D eigenvalue weighted by Gasteiger charge is -2.37. The lowest BCUT2D eigenvalue weighted by Crippen LogP contribution is -2.37. The average molecular weight is 711 g/mol. The molecule has 0 atom stereocenters. The van der Waals surface area contributed by atoms with Crippen molar-refractivity contribution < 1.29 is 4.74 Å². The van der Waals surface area contributed by atoms with Crippen molar-refractivity contribution in [2.75, 3.05) is 0 Å². The molecule has 56 heavy (non-hydrogen) atoms. The Hall–Kier alpha value is -7.04. The molecule has 9 aromatic rings. The van der Waals surface area contributed by atoms with E-state index in [-0.39, 0.29) is 0 Å². The molecule has 0 N–H and O–H groups in total. The fourth-order valence-electron chi connectivity index (χ4n) is 7.77. The lowest BCUT2D eigenvalue weighted by atomic mass is 9.58. The molecule has 0 unspecified atom stereocenters. The summed E-state index contributed by atoms with van der Waals surface area (Å²) in [6, 6.07) is 64.1. The van der Waals surface area contributed by atoms with Crippen LogP contribution < -0.4 is 4.74 Å². The summed E-state index contributed by atoms with van der Waals surface area (Å²) in [6.07, 6.45) is 0. The number of aromatic nitrogens is 3. The van der Waals surface area contributed by atoms with Crippen molar-refractivity contribution in [1.82, 2.24) is 15.0 Å². The summed E-state index contributed by atoms with van der Waals surface area (Å²) in [5.74, 6) is 2.43. The fraction of sp³-hybridized carbons (Fsp3) is 0.0200. The van der Waals surface area contributed by atoms with E-state index in [1.807, 2.05) is 42.5 Å². The number of hydrogen-bond acceptors (Lipinski definition) is 4. The number of nitrogens with zero attached hydrogens (tertiary/aromatic N) is 3. The maximum Gasteiger partial charge on any atom is 0.164 e. The van der Waals surface area contributed by atoms with Gasteiger partial charge in [0.2, 0.25) is 0 Å². The number of fused-ring (bicyclic) bond motifs is 4. The molecule has 1 aromatic heterocycles. The van der Waals surface area contributed by atoms with E-state index in [0.29, 0.717) is 23.2 Å². The van der Waals surface area contributed by atoms with Crippen LogP contribution in [0.2, 0.25) is 0 Å². The first-order valence-corrected chi connectivity index (χ1v) is 18.6. The van der Waals surface area contributed by atoms with Crippen LogP contribution in [-0.4, -0.2) is 30.6 Å². The minimum atomic E-state index is -1.44. The minimum Gasteiger partial charge on any atom is -0.502 e. The third-order valence-electron chi connectivity index (χ3n) is 10.5. The Bertz CT molecular complexity index is 2790. The number of rotatable bonds is 6. The van der Waals surface area contributed by atoms with E-state index in [1.165, 1.54) is 0 Å². The van der Waals surface area contributed by atoms with Crippen molar-refractivity contribution in [2.24, 2.45) is 0 Å². The van der Waals surface area contributed by atoms with Crippen LogP contribution in [0.1, 0.15) is 5.56 Å². The SMILES string of the molecule is [B]C1([B])Oc2cccc(-c3ccc(-c4nc(-c5ccc(-c6ccccc6)cc5)nc(-c5ccc(-c6ccccc6)cc5)n4)c4ccccc34)c2-c2ccccc21. The van der Waals surface area contributed by atoms with Gasteiger partial charge in [0.05, 0.1) is 5.40 Å². The predicted octanol–water partition coefficient (Wildman–Crippen LogP) is 11.5. The van der Waals surface area contributed by atoms with Crippen LogP contribution in [0, 0.1) is 0 Å². The Morgan fingerprint density at radius 1 is 0.339 bits per heavy atom. The van der Waals surface area contributed by atoms with Gasteiger partial charge in [0.25, 0.3) is 0 Å². The quantitative estimate of drug-likeness (QED) is 0.161. The number of ether oxygens (including phenoxy) is 1. The fourth-order valence-corrected chi connectivity index (χ4v) is 7.77. The Morgan fingerprint density at radius 3 is 1.39 bits per heavy atom. The summed E-state index contributed by atoms with van der Waals surface area (Å²) in [7, 11) is 13.0. The zero-order chi connectivity index (χ0) is 37.6. The zero-order valence-corrected chi connectivity index (χ0v) is 30.3. The van der Waals surface area contributed by atoms with Gasteiger partial charge >= 0.3 is 0 Å². The average Bonchev–Trinajstić information content (AvgIpc) is 3.26. The van der Waals surface area contributed by atoms with Crippen molar-refractivity contribution in [3.05, 3.63) is 194 Å². The molecular formula is C50H31B2N3O. The van der Waals surface area contributed by atoms with Gasteiger partial charge in [-0.1, -0.05) is 176 Å². The first-order chi connectivity index (χ1) is 27.5. The highest BCUT2D eigenvalue weighted by molar-refractivity contribution is 6.40. The van der Waals surface area contributed by atoms with Crippen LogP contribution in [0.5, 0.6) is 5.75 Å². The Kier molecular flexibility index (Phi) is 8.18. The third-order valence-corrected chi connectivity index (χ3v) is 10.5. The van der Waals surface area contributed by atoms with Crippen molar-refractivity contribution in [3.8, 4) is 84.4 Å². The highest BCUT2D eigenvalue weighted by Crippen LogP contribution is 2.49. The molecule has 0 saturated carbocycles. The second-order valence-electron chi connectivity index (χ2n) is 14.0. The van der Waals surface area contributed by atoms with E-state index >= 15 is 0 Å². The summed E-state index contributed by atoms with van der Waals surface area (Å²) >= 11 is 0. The largest absolute Gasteiger partial charge is 0.502 e. The van der Waals surface area contributed by atoms with Crippen LogP contribution in [0.4, 0.5) is 0 Å². The second-order valence-corrected chi connectivity index (χ2v) is 14.0. The molecule has 6 heteroatoms. The van der Waals surface area contributed by atoms with Crippen molar-refractivity contribution in [3.63, 3.8) is 0 Å². The molecule has 0 saturated heterocycles. The van der Waals surface area contributed by atoms with Gasteiger partial charge in [0.15, 0.2) is 17.5 Å². The Labute approximate surface area is 328 Å². The topological polar surface area (TPSA) is 47.9 Å². The Balaban J connectivity index is 1.13. The van der Waals surface area contributed by atoms with Crippen LogP contribution >= 0.6 is 0 Å². The molecule has 10 rings (SSSR count). The number of hydrogen-bond donors (Lipinski definition) is 0. The molecule has 0 fully saturated rings. The van der Waals surface area contributed by atoms with Gasteiger partial charge in [-0.2, -0.15) is 0 Å². The summed E-state index contributed by atoms with van der Waals surface area (Å²) in [5.41, 5.74) is 12.0. The molecule has 4 radical (unpaired) electrons. The van der Waals surface area contributed by atoms with Crippen molar-refractivity contribution in [2.45, 2.75) is 5.40 Å². The molecule has 4 nitrogen and oxygen atoms in total. The van der Waals surface area contributed by atoms with Gasteiger partial charge in [-0.25, -0.2) is 15.0 Å². The second kappa shape index (κ2) is 13.7. The molecule has 1 aliphatic heterocycles. The Morgan fingerprint density at radius 2 is 0.786 bits per heavy atom. The minimum absolute atomic E-state index is 0.590. The maximum atomic E-state index is 6.48. The molecule has 0 spiro atoms. The first-order valence-electron chi connectivity index (χ1n) is 18.6. The summed E-state index contributed by atoms with van der Waals surface area (Å²) < 4.78 is 6.22. The summed E-state index contributed by atoms with van der Waals surface area (Å²) in [4.78, 5) is 15.4. The normalized spacial score (nSPS) is 12.7. The standard InChI is InChI=1S/C50H31B2N3O/c51-50(52)44-20-10-9-18-43(44)46-41(19-11-21-45(46)56-50)40-30-31-42(39-17-8-7-16-38(39)40)49-54-47(36-26-22-34(23-27-36)32-12-3-1-4-13-32)53-48(55-49)37-28-24-35(25-29-37)33-14-5-2-6-15-33/h1-31H. The van der Waals surface area contributed by atoms with E-state index in [9.17, 15) is 0 Å². The van der Waals surface area contributed by atoms with Crippen molar-refractivity contribution >= 4 is 26.5 Å². The molecule has 0 bridgehead atoms. The predicted molar refractivity (Wildman–Crippen MR) is 229 cm³/mol. The van der Waals surface area contributed by atoms with Crippen LogP contribution in [0.15, 0.2) is 188 Å². The first kappa shape index (κ1) is 33.5. The highest BCUT2D eigenvalue weighted by atomic mass is 16.5. The van der Waals surface area contributed by atoms with E-state index in [1.54, 1.807) is 0 Å². The smallest absolute Gasteiger partial charge is 0.164 e. The molecule has 2 heterocycles. The third kappa shape index (κ3) is 5.96. The molecule has 8 aromatic carbocycles. The number of benzene rings is 8. The molecule has 1 aliphatic rings. The van der Waals surface area contributed by atoms with Gasteiger partial charge in [-0.3, -0.25) is 0 Å². The summed E-state index contributed by atoms with van der Waals surface area (Å²) in [5, 5.41) is 0.629. The van der Waals surface area contributed by atoms with Crippen LogP contribution in [0.3, 0.4) is 0 Å². The maximum absolute atomic E-state index is 6.48. The van der Waals surface area contributed by atoms with E-state index in [4.69, 9.17) is 35.4 Å². The molecular weight excluding hydrogens is 680 g/mol. The van der Waals surface area contributed by atoms with E-state index in [2.05, 4.69) is 146 Å². The van der Waals surface area contributed by atoms with Crippen LogP contribution in [-0.2, 0) is 5.40 Å². The molecule has 258 valence electrons. The van der Waals surface area contributed by atoms with Gasteiger partial charge in [0.1, 0.15) is 21.4 Å². The van der Waals surface area contributed by atoms with Crippen molar-refractivity contribution in [1.29, 1.82) is 0 Å². The zero-order valence-electron chi connectivity index (χ0n) is 30.3. The summed E-state index contributed by atoms with van der Waals surface area (Å²) in [6.45, 7) is 0. The molecule has 0 amide bonds. The monoisotopic (exact) mass is 711 g/mol. The highest BCUT2D eigenvalue weighted by Gasteiger charge is 2.33. The van der Waals surface area contributed by atoms with Gasteiger partial charge in [-0.05, 0) is 67.4 Å². The van der Waals surface area contributed by atoms with Gasteiger partial charge in [0, 0.05) is 22.3 Å². The van der Waals surface area contributed by atoms with Gasteiger partial charge in [-0.15, -0.1) is 0 Å². The van der Waals surface area contributed by atoms with Crippen LogP contribution in [0.25, 0.3) is 89.4 Å². The lowest BCUT2D eigenvalue weighted by molar-refractivity contribution is 0.241. The molecule has 0 aliphatic carbocycles.